The van der Waals surface area contributed by atoms with Crippen LogP contribution in [0.4, 0.5) is 0 Å². The third-order valence-corrected chi connectivity index (χ3v) is 7.82. The van der Waals surface area contributed by atoms with Gasteiger partial charge in [-0.15, -0.1) is 0 Å². The van der Waals surface area contributed by atoms with Crippen molar-refractivity contribution in [3.63, 3.8) is 0 Å². The van der Waals surface area contributed by atoms with Gasteiger partial charge in [-0.1, -0.05) is 85.7 Å². The summed E-state index contributed by atoms with van der Waals surface area (Å²) in [6, 6.07) is 10.7. The average molecular weight is 551 g/mol. The Morgan fingerprint density at radius 3 is 1.95 bits per heavy atom. The van der Waals surface area contributed by atoms with Crippen molar-refractivity contribution >= 4 is 17.9 Å². The molecule has 1 saturated heterocycles. The summed E-state index contributed by atoms with van der Waals surface area (Å²) >= 11 is 0. The zero-order chi connectivity index (χ0) is 30.4. The van der Waals surface area contributed by atoms with Crippen LogP contribution in [-0.2, 0) is 38.7 Å². The minimum atomic E-state index is -0.816. The summed E-state index contributed by atoms with van der Waals surface area (Å²) in [5.41, 5.74) is 1.19. The van der Waals surface area contributed by atoms with Gasteiger partial charge in [0.15, 0.2) is 6.10 Å². The maximum atomic E-state index is 12.1. The van der Waals surface area contributed by atoms with Crippen LogP contribution >= 0.6 is 0 Å². The van der Waals surface area contributed by atoms with Crippen molar-refractivity contribution in [2.75, 3.05) is 13.7 Å². The number of hydrogen-bond acceptors (Lipinski definition) is 7. The molecule has 224 valence electrons. The van der Waals surface area contributed by atoms with Gasteiger partial charge in [-0.3, -0.25) is 14.4 Å². The van der Waals surface area contributed by atoms with Crippen molar-refractivity contribution in [3.8, 4) is 0 Å². The van der Waals surface area contributed by atoms with Crippen molar-refractivity contribution in [2.45, 2.75) is 113 Å². The zero-order valence-electron chi connectivity index (χ0n) is 26.5. The molecule has 0 N–H and O–H groups in total. The molecule has 7 heteroatoms. The molecule has 0 amide bonds. The van der Waals surface area contributed by atoms with Crippen LogP contribution in [0.25, 0.3) is 0 Å². The molecule has 0 bridgehead atoms. The molecule has 2 rings (SSSR count). The molecule has 1 heterocycles. The summed E-state index contributed by atoms with van der Waals surface area (Å²) in [7, 11) is 1.41. The van der Waals surface area contributed by atoms with Crippen molar-refractivity contribution in [2.24, 2.45) is 23.2 Å². The maximum Gasteiger partial charge on any atom is 0.313 e. The Bertz CT molecular complexity index is 863. The zero-order valence-corrected chi connectivity index (χ0v) is 26.5. The first-order valence-corrected chi connectivity index (χ1v) is 14.2. The predicted molar refractivity (Wildman–Crippen MR) is 155 cm³/mol. The van der Waals surface area contributed by atoms with Gasteiger partial charge in [0.2, 0.25) is 6.29 Å². The molecular formula is C32H54O7. The van der Waals surface area contributed by atoms with E-state index in [9.17, 15) is 14.4 Å². The van der Waals surface area contributed by atoms with Gasteiger partial charge in [-0.05, 0) is 50.0 Å². The van der Waals surface area contributed by atoms with Gasteiger partial charge in [-0.25, -0.2) is 0 Å². The molecule has 1 aliphatic rings. The maximum absolute atomic E-state index is 12.1. The Labute approximate surface area is 237 Å². The molecule has 0 aromatic heterocycles. The van der Waals surface area contributed by atoms with E-state index in [2.05, 4.69) is 55.8 Å². The molecule has 0 radical (unpaired) electrons. The molecule has 0 aliphatic carbocycles. The van der Waals surface area contributed by atoms with E-state index in [1.807, 2.05) is 48.5 Å². The third kappa shape index (κ3) is 12.5. The summed E-state index contributed by atoms with van der Waals surface area (Å²) in [4.78, 5) is 33.9. The Balaban J connectivity index is 0.000000635. The highest BCUT2D eigenvalue weighted by molar-refractivity contribution is 5.76. The first kappa shape index (κ1) is 36.6. The Hall–Kier alpha value is -2.41. The van der Waals surface area contributed by atoms with Crippen LogP contribution in [0.15, 0.2) is 30.3 Å². The van der Waals surface area contributed by atoms with Crippen LogP contribution in [0.5, 0.6) is 0 Å². The number of carbonyl (C=O) groups excluding carboxylic acids is 3. The van der Waals surface area contributed by atoms with Crippen molar-refractivity contribution < 1.29 is 33.3 Å². The molecule has 0 saturated carbocycles. The summed E-state index contributed by atoms with van der Waals surface area (Å²) in [5.74, 6) is -0.463. The number of hydrogen-bond donors (Lipinski definition) is 0. The van der Waals surface area contributed by atoms with Crippen LogP contribution in [0.2, 0.25) is 0 Å². The second-order valence-corrected chi connectivity index (χ2v) is 11.7. The smallest absolute Gasteiger partial charge is 0.313 e. The van der Waals surface area contributed by atoms with Crippen LogP contribution in [-0.4, -0.2) is 44.0 Å². The number of methoxy groups -OCH3 is 1. The lowest BCUT2D eigenvalue weighted by Gasteiger charge is -2.39. The fourth-order valence-corrected chi connectivity index (χ4v) is 3.39. The van der Waals surface area contributed by atoms with Gasteiger partial charge < -0.3 is 18.9 Å². The Kier molecular flexibility index (Phi) is 16.2. The molecule has 1 aliphatic heterocycles. The number of benzene rings is 1. The quantitative estimate of drug-likeness (QED) is 0.252. The minimum absolute atomic E-state index is 0.0556. The first-order chi connectivity index (χ1) is 18.1. The van der Waals surface area contributed by atoms with Crippen molar-refractivity contribution in [1.29, 1.82) is 0 Å². The number of rotatable bonds is 8. The lowest BCUT2D eigenvalue weighted by atomic mass is 9.82. The summed E-state index contributed by atoms with van der Waals surface area (Å²) < 4.78 is 20.8. The number of esters is 3. The lowest BCUT2D eigenvalue weighted by Crippen LogP contribution is -2.49. The lowest BCUT2D eigenvalue weighted by molar-refractivity contribution is -0.249. The fraction of sp³-hybridized carbons (Fsp3) is 0.719. The Morgan fingerprint density at radius 1 is 0.974 bits per heavy atom. The van der Waals surface area contributed by atoms with E-state index < -0.39 is 23.8 Å². The molecule has 5 unspecified atom stereocenters. The van der Waals surface area contributed by atoms with E-state index in [-0.39, 0.29) is 29.7 Å². The van der Waals surface area contributed by atoms with Crippen molar-refractivity contribution in [1.82, 2.24) is 0 Å². The molecule has 0 spiro atoms. The first-order valence-electron chi connectivity index (χ1n) is 14.2. The second kappa shape index (κ2) is 17.3. The Morgan fingerprint density at radius 2 is 1.54 bits per heavy atom. The van der Waals surface area contributed by atoms with Gasteiger partial charge >= 0.3 is 17.9 Å². The molecule has 1 aromatic rings. The molecule has 7 nitrogen and oxygen atoms in total. The van der Waals surface area contributed by atoms with E-state index in [0.29, 0.717) is 18.4 Å². The minimum Gasteiger partial charge on any atom is -0.469 e. The van der Waals surface area contributed by atoms with Crippen LogP contribution in [0.3, 0.4) is 0 Å². The molecule has 1 fully saturated rings. The highest BCUT2D eigenvalue weighted by Gasteiger charge is 2.42. The summed E-state index contributed by atoms with van der Waals surface area (Å²) in [6.07, 6.45) is 1.35. The number of ether oxygens (including phenoxy) is 4. The van der Waals surface area contributed by atoms with Gasteiger partial charge in [-0.2, -0.15) is 0 Å². The predicted octanol–water partition coefficient (Wildman–Crippen LogP) is 7.11. The van der Waals surface area contributed by atoms with E-state index in [0.717, 1.165) is 6.42 Å². The second-order valence-electron chi connectivity index (χ2n) is 11.7. The monoisotopic (exact) mass is 550 g/mol. The molecule has 39 heavy (non-hydrogen) atoms. The SMILES string of the molecule is CCC(C)(C)C(=O)OC1OCC(C)C(C)C1OC(C)=O.CCC(C)(C)c1ccccc1.CCC(C)C(=O)OC. The van der Waals surface area contributed by atoms with E-state index in [1.54, 1.807) is 0 Å². The van der Waals surface area contributed by atoms with Crippen LogP contribution in [0.1, 0.15) is 101 Å². The average Bonchev–Trinajstić information content (AvgIpc) is 2.92. The summed E-state index contributed by atoms with van der Waals surface area (Å²) in [5, 5.41) is 0. The van der Waals surface area contributed by atoms with Crippen molar-refractivity contribution in [3.05, 3.63) is 35.9 Å². The highest BCUT2D eigenvalue weighted by Crippen LogP contribution is 2.31. The van der Waals surface area contributed by atoms with Gasteiger partial charge in [0.25, 0.3) is 0 Å². The van der Waals surface area contributed by atoms with E-state index in [1.165, 1.54) is 26.0 Å². The van der Waals surface area contributed by atoms with E-state index >= 15 is 0 Å². The van der Waals surface area contributed by atoms with E-state index in [4.69, 9.17) is 14.2 Å². The normalized spacial score (nSPS) is 21.6. The highest BCUT2D eigenvalue weighted by atomic mass is 16.7. The largest absolute Gasteiger partial charge is 0.469 e. The van der Waals surface area contributed by atoms with Crippen LogP contribution in [0, 0.1) is 23.2 Å². The molecule has 5 atom stereocenters. The fourth-order valence-electron chi connectivity index (χ4n) is 3.39. The van der Waals surface area contributed by atoms with Gasteiger partial charge in [0, 0.05) is 12.8 Å². The topological polar surface area (TPSA) is 88.1 Å². The number of carbonyl (C=O) groups is 3. The molecular weight excluding hydrogens is 496 g/mol. The summed E-state index contributed by atoms with van der Waals surface area (Å²) in [6.45, 7) is 22.0. The standard InChI is InChI=1S/C15H26O5.C11H16.C6H12O2/c1-7-15(5,6)14(17)20-13-12(19-11(4)16)10(3)9(2)8-18-13;1-4-11(2,3)10-8-6-5-7-9-10;1-4-5(2)6(7)8-3/h9-10,12-13H,7-8H2,1-6H3;5-9H,4H2,1-3H3;5H,4H2,1-3H3. The van der Waals surface area contributed by atoms with Gasteiger partial charge in [0.1, 0.15) is 0 Å². The third-order valence-electron chi connectivity index (χ3n) is 7.82. The van der Waals surface area contributed by atoms with Crippen LogP contribution < -0.4 is 0 Å². The van der Waals surface area contributed by atoms with Gasteiger partial charge in [0.05, 0.1) is 25.0 Å². The molecule has 1 aromatic carbocycles.